The second kappa shape index (κ2) is 7.57. The second-order valence-corrected chi connectivity index (χ2v) is 5.60. The van der Waals surface area contributed by atoms with Crippen molar-refractivity contribution in [1.29, 1.82) is 0 Å². The van der Waals surface area contributed by atoms with E-state index in [0.717, 1.165) is 5.69 Å². The van der Waals surface area contributed by atoms with Crippen molar-refractivity contribution in [3.05, 3.63) is 52.1 Å². The molecule has 0 saturated carbocycles. The highest BCUT2D eigenvalue weighted by atomic mass is 35.5. The van der Waals surface area contributed by atoms with Gasteiger partial charge in [0, 0.05) is 23.7 Å². The molecular formula is C16H19ClFN3O2. The first-order chi connectivity index (χ1) is 11.0. The SMILES string of the molecule is Cc1nn(CCCl)c(C)c1C(=O)NCc1ccc(F)c(CO)c1. The molecule has 2 aromatic rings. The maximum atomic E-state index is 13.3. The van der Waals surface area contributed by atoms with Crippen molar-refractivity contribution < 1.29 is 14.3 Å². The molecule has 124 valence electrons. The Morgan fingerprint density at radius 3 is 2.83 bits per heavy atom. The van der Waals surface area contributed by atoms with E-state index < -0.39 is 5.82 Å². The van der Waals surface area contributed by atoms with Crippen LogP contribution in [0.5, 0.6) is 0 Å². The summed E-state index contributed by atoms with van der Waals surface area (Å²) >= 11 is 5.72. The molecule has 0 radical (unpaired) electrons. The van der Waals surface area contributed by atoms with Crippen molar-refractivity contribution in [3.8, 4) is 0 Å². The molecule has 0 atom stereocenters. The number of aryl methyl sites for hydroxylation is 2. The van der Waals surface area contributed by atoms with Gasteiger partial charge in [0.2, 0.25) is 0 Å². The van der Waals surface area contributed by atoms with E-state index in [1.807, 2.05) is 6.92 Å². The highest BCUT2D eigenvalue weighted by molar-refractivity contribution is 6.17. The molecule has 1 heterocycles. The maximum absolute atomic E-state index is 13.3. The summed E-state index contributed by atoms with van der Waals surface area (Å²) in [4.78, 5) is 12.4. The van der Waals surface area contributed by atoms with Crippen molar-refractivity contribution in [3.63, 3.8) is 0 Å². The lowest BCUT2D eigenvalue weighted by atomic mass is 10.1. The molecule has 0 aliphatic carbocycles. The predicted molar refractivity (Wildman–Crippen MR) is 85.9 cm³/mol. The molecule has 0 aliphatic rings. The molecule has 23 heavy (non-hydrogen) atoms. The third kappa shape index (κ3) is 3.89. The molecule has 1 aromatic carbocycles. The van der Waals surface area contributed by atoms with E-state index in [1.165, 1.54) is 12.1 Å². The number of benzene rings is 1. The number of rotatable bonds is 6. The summed E-state index contributed by atoms with van der Waals surface area (Å²) in [6.45, 7) is 4.00. The monoisotopic (exact) mass is 339 g/mol. The van der Waals surface area contributed by atoms with E-state index in [0.29, 0.717) is 29.2 Å². The van der Waals surface area contributed by atoms with Crippen LogP contribution in [0.15, 0.2) is 18.2 Å². The standard InChI is InChI=1S/C16H19ClFN3O2/c1-10-15(11(2)21(20-10)6-5-17)16(23)19-8-12-3-4-14(18)13(7-12)9-22/h3-4,7,22H,5-6,8-9H2,1-2H3,(H,19,23). The normalized spacial score (nSPS) is 10.8. The average Bonchev–Trinajstić information content (AvgIpc) is 2.81. The van der Waals surface area contributed by atoms with Crippen LogP contribution in [0.3, 0.4) is 0 Å². The number of amides is 1. The fraction of sp³-hybridized carbons (Fsp3) is 0.375. The van der Waals surface area contributed by atoms with Gasteiger partial charge in [-0.05, 0) is 31.5 Å². The number of carbonyl (C=O) groups is 1. The highest BCUT2D eigenvalue weighted by Gasteiger charge is 2.18. The van der Waals surface area contributed by atoms with Crippen LogP contribution < -0.4 is 5.32 Å². The maximum Gasteiger partial charge on any atom is 0.255 e. The lowest BCUT2D eigenvalue weighted by molar-refractivity contribution is 0.0949. The fourth-order valence-electron chi connectivity index (χ4n) is 2.45. The summed E-state index contributed by atoms with van der Waals surface area (Å²) in [5.74, 6) is -0.282. The smallest absolute Gasteiger partial charge is 0.255 e. The average molecular weight is 340 g/mol. The number of aliphatic hydroxyl groups excluding tert-OH is 1. The van der Waals surface area contributed by atoms with Crippen LogP contribution in [-0.4, -0.2) is 26.7 Å². The third-order valence-electron chi connectivity index (χ3n) is 3.64. The minimum absolute atomic E-state index is 0.207. The molecule has 2 rings (SSSR count). The Bertz CT molecular complexity index is 716. The Morgan fingerprint density at radius 1 is 1.43 bits per heavy atom. The fourth-order valence-corrected chi connectivity index (χ4v) is 2.61. The van der Waals surface area contributed by atoms with Gasteiger partial charge in [0.15, 0.2) is 0 Å². The topological polar surface area (TPSA) is 67.2 Å². The van der Waals surface area contributed by atoms with E-state index in [-0.39, 0.29) is 24.6 Å². The summed E-state index contributed by atoms with van der Waals surface area (Å²) in [6, 6.07) is 4.39. The van der Waals surface area contributed by atoms with Crippen molar-refractivity contribution in [2.75, 3.05) is 5.88 Å². The van der Waals surface area contributed by atoms with Gasteiger partial charge in [-0.25, -0.2) is 4.39 Å². The van der Waals surface area contributed by atoms with Gasteiger partial charge in [-0.2, -0.15) is 5.10 Å². The number of aliphatic hydroxyl groups is 1. The predicted octanol–water partition coefficient (Wildman–Crippen LogP) is 2.30. The highest BCUT2D eigenvalue weighted by Crippen LogP contribution is 2.14. The van der Waals surface area contributed by atoms with E-state index in [9.17, 15) is 9.18 Å². The van der Waals surface area contributed by atoms with Crippen molar-refractivity contribution in [1.82, 2.24) is 15.1 Å². The molecule has 1 amide bonds. The number of nitrogens with zero attached hydrogens (tertiary/aromatic N) is 2. The first-order valence-corrected chi connectivity index (χ1v) is 7.77. The first-order valence-electron chi connectivity index (χ1n) is 7.24. The third-order valence-corrected chi connectivity index (χ3v) is 3.81. The van der Waals surface area contributed by atoms with E-state index in [2.05, 4.69) is 10.4 Å². The van der Waals surface area contributed by atoms with Crippen molar-refractivity contribution in [2.24, 2.45) is 0 Å². The molecule has 0 bridgehead atoms. The number of hydrogen-bond donors (Lipinski definition) is 2. The quantitative estimate of drug-likeness (QED) is 0.794. The summed E-state index contributed by atoms with van der Waals surface area (Å²) in [6.07, 6.45) is 0. The zero-order chi connectivity index (χ0) is 17.0. The van der Waals surface area contributed by atoms with Crippen LogP contribution in [0.25, 0.3) is 0 Å². The van der Waals surface area contributed by atoms with Crippen molar-refractivity contribution >= 4 is 17.5 Å². The molecule has 0 spiro atoms. The van der Waals surface area contributed by atoms with E-state index in [4.69, 9.17) is 16.7 Å². The zero-order valence-corrected chi connectivity index (χ0v) is 13.8. The minimum atomic E-state index is -0.461. The molecule has 5 nitrogen and oxygen atoms in total. The van der Waals surface area contributed by atoms with Crippen LogP contribution in [0, 0.1) is 19.7 Å². The summed E-state index contributed by atoms with van der Waals surface area (Å²) in [5.41, 5.74) is 2.85. The van der Waals surface area contributed by atoms with E-state index >= 15 is 0 Å². The number of nitrogens with one attached hydrogen (secondary N) is 1. The number of aromatic nitrogens is 2. The Balaban J connectivity index is 2.11. The molecule has 0 fully saturated rings. The van der Waals surface area contributed by atoms with Crippen LogP contribution in [-0.2, 0) is 19.7 Å². The van der Waals surface area contributed by atoms with Crippen molar-refractivity contribution in [2.45, 2.75) is 33.5 Å². The molecule has 0 unspecified atom stereocenters. The number of carbonyl (C=O) groups excluding carboxylic acids is 1. The van der Waals surface area contributed by atoms with Crippen LogP contribution in [0.1, 0.15) is 32.9 Å². The van der Waals surface area contributed by atoms with Gasteiger partial charge in [0.05, 0.1) is 24.4 Å². The Hall–Kier alpha value is -1.92. The van der Waals surface area contributed by atoms with Gasteiger partial charge in [-0.15, -0.1) is 11.6 Å². The molecule has 0 saturated heterocycles. The molecule has 1 aromatic heterocycles. The summed E-state index contributed by atoms with van der Waals surface area (Å²) in [7, 11) is 0. The Labute approximate surface area is 139 Å². The van der Waals surface area contributed by atoms with E-state index in [1.54, 1.807) is 17.7 Å². The number of halogens is 2. The van der Waals surface area contributed by atoms with Crippen LogP contribution >= 0.6 is 11.6 Å². The Kier molecular flexibility index (Phi) is 5.74. The second-order valence-electron chi connectivity index (χ2n) is 5.22. The summed E-state index contributed by atoms with van der Waals surface area (Å²) < 4.78 is 15.1. The summed E-state index contributed by atoms with van der Waals surface area (Å²) in [5, 5.41) is 16.2. The van der Waals surface area contributed by atoms with Gasteiger partial charge < -0.3 is 10.4 Å². The molecule has 0 aliphatic heterocycles. The van der Waals surface area contributed by atoms with Crippen LogP contribution in [0.2, 0.25) is 0 Å². The van der Waals surface area contributed by atoms with Gasteiger partial charge in [0.25, 0.3) is 5.91 Å². The zero-order valence-electron chi connectivity index (χ0n) is 13.1. The van der Waals surface area contributed by atoms with Gasteiger partial charge >= 0.3 is 0 Å². The molecular weight excluding hydrogens is 321 g/mol. The number of alkyl halides is 1. The van der Waals surface area contributed by atoms with Gasteiger partial charge in [-0.1, -0.05) is 6.07 Å². The molecule has 2 N–H and O–H groups in total. The minimum Gasteiger partial charge on any atom is -0.392 e. The van der Waals surface area contributed by atoms with Gasteiger partial charge in [0.1, 0.15) is 5.82 Å². The molecule has 7 heteroatoms. The lowest BCUT2D eigenvalue weighted by Gasteiger charge is -2.08. The van der Waals surface area contributed by atoms with Crippen LogP contribution in [0.4, 0.5) is 4.39 Å². The largest absolute Gasteiger partial charge is 0.392 e. The Morgan fingerprint density at radius 2 is 2.17 bits per heavy atom. The van der Waals surface area contributed by atoms with Gasteiger partial charge in [-0.3, -0.25) is 9.48 Å². The number of hydrogen-bond acceptors (Lipinski definition) is 3. The lowest BCUT2D eigenvalue weighted by Crippen LogP contribution is -2.24. The first kappa shape index (κ1) is 17.4.